The summed E-state index contributed by atoms with van der Waals surface area (Å²) in [5, 5.41) is 20.2. The molecule has 0 aliphatic carbocycles. The van der Waals surface area contributed by atoms with Gasteiger partial charge in [-0.3, -0.25) is 30.6 Å². The van der Waals surface area contributed by atoms with Gasteiger partial charge >= 0.3 is 6.09 Å². The number of ether oxygens (including phenoxy) is 4. The lowest BCUT2D eigenvalue weighted by atomic mass is 9.99. The molecule has 0 saturated heterocycles. The summed E-state index contributed by atoms with van der Waals surface area (Å²) < 4.78 is 38.2. The standard InChI is InChI=1S/C55H76FN10O8P/c1-8-9-25-71-46-29-40(44(67)33-75(7)34-57)26-37(15-11-10-13-23-62-52(58)59)48(46)66-51(69)41-27-38(16-12-14-24-63-53(60)61)49(47(30-41)72-31-35(2)3)65-50(68)39-19-22-43(64-54(70)74-55(4,5)6)45(28-39)73-32-36-17-20-42(56)21-18-36/h17-22,26-30,33,35H,7-16,23-25,31-32,34,57H2,1-6H3,(H11-,58,59,60,61,62,63,64,65,66,67,68,69,70)/p+1. The summed E-state index contributed by atoms with van der Waals surface area (Å²) in [7, 11) is -1.03. The molecule has 4 rings (SSSR count). The Morgan fingerprint density at radius 2 is 1.29 bits per heavy atom. The summed E-state index contributed by atoms with van der Waals surface area (Å²) >= 11 is 0. The number of nitrogens with two attached hydrogens (primary N) is 5. The van der Waals surface area contributed by atoms with Gasteiger partial charge in [-0.05, 0) is 143 Å². The third-order valence-electron chi connectivity index (χ3n) is 11.0. The highest BCUT2D eigenvalue weighted by molar-refractivity contribution is 7.59. The van der Waals surface area contributed by atoms with E-state index < -0.39 is 36.9 Å². The number of guanidine groups is 2. The van der Waals surface area contributed by atoms with Crippen molar-refractivity contribution in [1.29, 1.82) is 0 Å². The van der Waals surface area contributed by atoms with Crippen molar-refractivity contribution in [3.05, 3.63) is 112 Å². The number of halogens is 1. The number of aryl methyl sites for hydroxylation is 2. The van der Waals surface area contributed by atoms with Crippen molar-refractivity contribution in [1.82, 2.24) is 0 Å². The fourth-order valence-electron chi connectivity index (χ4n) is 7.27. The lowest BCUT2D eigenvalue weighted by Gasteiger charge is -2.22. The van der Waals surface area contributed by atoms with Crippen LogP contribution in [0.25, 0.3) is 5.76 Å². The van der Waals surface area contributed by atoms with Gasteiger partial charge in [0.1, 0.15) is 42.8 Å². The van der Waals surface area contributed by atoms with Crippen LogP contribution in [0.2, 0.25) is 0 Å². The number of amides is 3. The second-order valence-corrected chi connectivity index (χ2v) is 21.1. The Morgan fingerprint density at radius 1 is 0.733 bits per heavy atom. The van der Waals surface area contributed by atoms with Crippen LogP contribution >= 0.6 is 7.55 Å². The van der Waals surface area contributed by atoms with E-state index in [4.69, 9.17) is 47.6 Å². The first-order valence-electron chi connectivity index (χ1n) is 25.2. The monoisotopic (exact) mass is 1060 g/mol. The molecule has 0 bridgehead atoms. The smallest absolute Gasteiger partial charge is 0.412 e. The highest BCUT2D eigenvalue weighted by atomic mass is 31.1. The van der Waals surface area contributed by atoms with Gasteiger partial charge in [0.2, 0.25) is 0 Å². The van der Waals surface area contributed by atoms with Crippen molar-refractivity contribution in [3.8, 4) is 17.2 Å². The van der Waals surface area contributed by atoms with E-state index in [0.717, 1.165) is 31.2 Å². The van der Waals surface area contributed by atoms with Crippen LogP contribution in [0.4, 0.5) is 26.2 Å². The van der Waals surface area contributed by atoms with Crippen molar-refractivity contribution < 1.29 is 42.8 Å². The number of hydrogen-bond acceptors (Lipinski definition) is 11. The number of aliphatic imine (C=N–C) groups is 2. The Bertz CT molecular complexity index is 2660. The molecule has 0 aliphatic heterocycles. The molecule has 3 amide bonds. The van der Waals surface area contributed by atoms with E-state index in [0.29, 0.717) is 85.6 Å². The lowest BCUT2D eigenvalue weighted by Crippen LogP contribution is -2.27. The van der Waals surface area contributed by atoms with E-state index >= 15 is 0 Å². The van der Waals surface area contributed by atoms with Gasteiger partial charge < -0.3 is 57.6 Å². The van der Waals surface area contributed by atoms with Gasteiger partial charge in [0.25, 0.3) is 11.8 Å². The van der Waals surface area contributed by atoms with E-state index in [-0.39, 0.29) is 71.4 Å². The third-order valence-corrected chi connectivity index (χ3v) is 12.1. The Morgan fingerprint density at radius 3 is 1.88 bits per heavy atom. The number of anilines is 3. The van der Waals surface area contributed by atoms with Crippen molar-refractivity contribution in [2.45, 2.75) is 112 Å². The van der Waals surface area contributed by atoms with Crippen LogP contribution in [0.5, 0.6) is 17.2 Å². The Balaban J connectivity index is 1.84. The molecule has 20 heteroatoms. The molecule has 4 aromatic carbocycles. The number of hydrogen-bond donors (Lipinski definition) is 9. The third kappa shape index (κ3) is 21.2. The average Bonchev–Trinajstić information content (AvgIpc) is 3.34. The molecule has 0 spiro atoms. The summed E-state index contributed by atoms with van der Waals surface area (Å²) in [4.78, 5) is 50.5. The first-order valence-corrected chi connectivity index (χ1v) is 27.0. The Labute approximate surface area is 441 Å². The minimum atomic E-state index is -1.03. The molecule has 4 aromatic rings. The number of aliphatic hydroxyl groups excluding tert-OH is 1. The average molecular weight is 1060 g/mol. The van der Waals surface area contributed by atoms with Gasteiger partial charge in [-0.2, -0.15) is 0 Å². The summed E-state index contributed by atoms with van der Waals surface area (Å²) in [6.07, 6.45) is 9.43. The molecule has 1 atom stereocenters. The molecule has 0 aliphatic rings. The minimum Gasteiger partial charge on any atom is -0.504 e. The molecule has 14 N–H and O–H groups in total. The zero-order valence-electron chi connectivity index (χ0n) is 44.2. The molecule has 1 unspecified atom stereocenters. The van der Waals surface area contributed by atoms with Crippen molar-refractivity contribution in [3.63, 3.8) is 0 Å². The van der Waals surface area contributed by atoms with Crippen molar-refractivity contribution in [2.24, 2.45) is 44.6 Å². The molecule has 0 heterocycles. The molecule has 406 valence electrons. The lowest BCUT2D eigenvalue weighted by molar-refractivity contribution is 0.0634. The number of carbonyl (C=O) groups is 3. The van der Waals surface area contributed by atoms with E-state index in [9.17, 15) is 23.9 Å². The zero-order valence-corrected chi connectivity index (χ0v) is 45.1. The molecule has 0 fully saturated rings. The largest absolute Gasteiger partial charge is 0.504 e. The molecule has 75 heavy (non-hydrogen) atoms. The maximum Gasteiger partial charge on any atom is 0.412 e. The van der Waals surface area contributed by atoms with Crippen molar-refractivity contribution in [2.75, 3.05) is 48.5 Å². The van der Waals surface area contributed by atoms with Gasteiger partial charge in [0, 0.05) is 29.8 Å². The fourth-order valence-corrected chi connectivity index (χ4v) is 7.88. The highest BCUT2D eigenvalue weighted by Crippen LogP contribution is 2.38. The van der Waals surface area contributed by atoms with E-state index in [2.05, 4.69) is 32.2 Å². The fraction of sp³-hybridized carbons (Fsp3) is 0.418. The number of nitrogens with zero attached hydrogens (tertiary/aromatic N) is 2. The number of nitrogens with one attached hydrogen (secondary N) is 3. The predicted octanol–water partition coefficient (Wildman–Crippen LogP) is 9.74. The highest BCUT2D eigenvalue weighted by Gasteiger charge is 2.24. The van der Waals surface area contributed by atoms with E-state index in [1.54, 1.807) is 56.9 Å². The van der Waals surface area contributed by atoms with Crippen LogP contribution in [0, 0.1) is 11.7 Å². The molecular weight excluding hydrogens is 979 g/mol. The zero-order chi connectivity index (χ0) is 55.1. The predicted molar refractivity (Wildman–Crippen MR) is 302 cm³/mol. The van der Waals surface area contributed by atoms with Crippen LogP contribution < -0.4 is 58.8 Å². The molecule has 18 nitrogen and oxygen atoms in total. The van der Waals surface area contributed by atoms with E-state index in [1.807, 2.05) is 26.8 Å². The maximum atomic E-state index is 14.8. The second kappa shape index (κ2) is 30.1. The Kier molecular flexibility index (Phi) is 24.2. The van der Waals surface area contributed by atoms with Gasteiger partial charge in [0.05, 0.1) is 36.6 Å². The molecule has 0 saturated carbocycles. The number of aliphatic hydroxyl groups is 1. The number of carbonyl (C=O) groups excluding carboxylic acids is 3. The molecule has 0 aromatic heterocycles. The summed E-state index contributed by atoms with van der Waals surface area (Å²) in [6.45, 7) is 12.6. The maximum absolute atomic E-state index is 14.8. The SMILES string of the molecule is C=[P+](C=C(O)c1cc(CCCCCN=C(N)N)c(NC(=O)c2cc(CCCCN=C(N)N)c(NC(=O)c3ccc(NC(=O)OC(C)(C)C)c(OCc4ccc(F)cc4)c3)c(OCC(C)C)c2)c(OCCCC)c1)CN. The molecule has 0 radical (unpaired) electrons. The molecular formula is C55H77FN10O8P+. The van der Waals surface area contributed by atoms with Crippen molar-refractivity contribution >= 4 is 66.5 Å². The topological polar surface area (TPSA) is 299 Å². The minimum absolute atomic E-state index is 0.00463. The van der Waals surface area contributed by atoms with Gasteiger partial charge in [0.15, 0.2) is 29.8 Å². The van der Waals surface area contributed by atoms with E-state index in [1.165, 1.54) is 30.3 Å². The number of unbranched alkanes of at least 4 members (excludes halogenated alkanes) is 4. The Hall–Kier alpha value is -7.37. The number of benzene rings is 4. The van der Waals surface area contributed by atoms with Crippen LogP contribution in [0.3, 0.4) is 0 Å². The summed E-state index contributed by atoms with van der Waals surface area (Å²) in [5.74, 6) is 1.02. The number of rotatable bonds is 29. The van der Waals surface area contributed by atoms with Crippen LogP contribution in [-0.4, -0.2) is 79.4 Å². The van der Waals surface area contributed by atoms with Gasteiger partial charge in [-0.25, -0.2) is 9.18 Å². The first kappa shape index (κ1) is 60.2. The van der Waals surface area contributed by atoms with Gasteiger partial charge in [-0.1, -0.05) is 45.7 Å². The summed E-state index contributed by atoms with van der Waals surface area (Å²) in [6, 6.07) is 17.1. The van der Waals surface area contributed by atoms with Crippen LogP contribution in [-0.2, 0) is 24.2 Å². The normalized spacial score (nSPS) is 11.6. The van der Waals surface area contributed by atoms with Gasteiger partial charge in [-0.15, -0.1) is 0 Å². The second-order valence-electron chi connectivity index (χ2n) is 19.3. The quantitative estimate of drug-likeness (QED) is 0.00805. The van der Waals surface area contributed by atoms with Crippen LogP contribution in [0.1, 0.15) is 129 Å². The first-order chi connectivity index (χ1) is 35.7. The van der Waals surface area contributed by atoms with Crippen LogP contribution in [0.15, 0.2) is 82.5 Å². The summed E-state index contributed by atoms with van der Waals surface area (Å²) in [5.41, 5.74) is 31.3.